The van der Waals surface area contributed by atoms with E-state index in [1.54, 1.807) is 17.9 Å². The van der Waals surface area contributed by atoms with Gasteiger partial charge in [0.05, 0.1) is 23.1 Å². The number of piperidine rings is 1. The van der Waals surface area contributed by atoms with Crippen molar-refractivity contribution in [3.05, 3.63) is 29.7 Å². The molecule has 7 nitrogen and oxygen atoms in total. The van der Waals surface area contributed by atoms with Crippen LogP contribution >= 0.6 is 11.3 Å². The van der Waals surface area contributed by atoms with E-state index < -0.39 is 0 Å². The van der Waals surface area contributed by atoms with Gasteiger partial charge in [-0.2, -0.15) is 0 Å². The van der Waals surface area contributed by atoms with Gasteiger partial charge in [-0.05, 0) is 18.9 Å². The highest BCUT2D eigenvalue weighted by Crippen LogP contribution is 2.28. The molecule has 0 aromatic carbocycles. The summed E-state index contributed by atoms with van der Waals surface area (Å²) >= 11 is 1.24. The number of nitrogen functional groups attached to an aromatic ring is 1. The number of rotatable bonds is 3. The molecule has 2 aromatic heterocycles. The maximum atomic E-state index is 12.3. The van der Waals surface area contributed by atoms with Crippen LogP contribution in [0.2, 0.25) is 0 Å². The van der Waals surface area contributed by atoms with E-state index in [9.17, 15) is 4.79 Å². The summed E-state index contributed by atoms with van der Waals surface area (Å²) in [6.45, 7) is 1.69. The van der Waals surface area contributed by atoms with Gasteiger partial charge in [-0.1, -0.05) is 0 Å². The molecule has 1 amide bonds. The summed E-state index contributed by atoms with van der Waals surface area (Å²) in [5.41, 5.74) is 15.2. The Hall–Kier alpha value is -2.19. The van der Waals surface area contributed by atoms with Gasteiger partial charge in [0.1, 0.15) is 5.00 Å². The molecule has 3 rings (SSSR count). The van der Waals surface area contributed by atoms with Crippen LogP contribution in [0.15, 0.2) is 24.0 Å². The number of hydrogen-bond donors (Lipinski definition) is 3. The lowest BCUT2D eigenvalue weighted by atomic mass is 10.1. The molecule has 3 heterocycles. The van der Waals surface area contributed by atoms with Crippen molar-refractivity contribution >= 4 is 33.6 Å². The van der Waals surface area contributed by atoms with Crippen LogP contribution in [0.5, 0.6) is 0 Å². The maximum Gasteiger partial charge on any atom is 0.277 e. The molecule has 22 heavy (non-hydrogen) atoms. The van der Waals surface area contributed by atoms with E-state index in [1.807, 2.05) is 6.07 Å². The van der Waals surface area contributed by atoms with Crippen molar-refractivity contribution in [2.24, 2.45) is 5.73 Å². The van der Waals surface area contributed by atoms with Crippen LogP contribution in [0.3, 0.4) is 0 Å². The van der Waals surface area contributed by atoms with Gasteiger partial charge in [-0.3, -0.25) is 9.78 Å². The van der Waals surface area contributed by atoms with Crippen LogP contribution in [0.25, 0.3) is 0 Å². The molecule has 0 saturated carbocycles. The molecule has 8 heteroatoms. The number of carbonyl (C=O) groups is 1. The Balaban J connectivity index is 1.82. The molecule has 116 valence electrons. The number of hydrogen-bond acceptors (Lipinski definition) is 7. The number of carbonyl (C=O) groups excluding carboxylic acids is 1. The molecule has 1 atom stereocenters. The average Bonchev–Trinajstić information content (AvgIpc) is 2.94. The van der Waals surface area contributed by atoms with Crippen molar-refractivity contribution < 1.29 is 4.79 Å². The molecule has 0 radical (unpaired) electrons. The first-order chi connectivity index (χ1) is 10.6. The van der Waals surface area contributed by atoms with E-state index in [0.717, 1.165) is 31.6 Å². The van der Waals surface area contributed by atoms with Crippen molar-refractivity contribution in [3.63, 3.8) is 0 Å². The average molecular weight is 318 g/mol. The number of nitrogens with two attached hydrogens (primary N) is 2. The van der Waals surface area contributed by atoms with Crippen molar-refractivity contribution in [1.29, 1.82) is 0 Å². The number of aromatic nitrogens is 2. The van der Waals surface area contributed by atoms with Crippen LogP contribution < -0.4 is 21.7 Å². The van der Waals surface area contributed by atoms with Gasteiger partial charge in [0, 0.05) is 25.3 Å². The third-order valence-electron chi connectivity index (χ3n) is 3.65. The molecular formula is C14H18N6OS. The van der Waals surface area contributed by atoms with Gasteiger partial charge in [-0.15, -0.1) is 11.3 Å². The quantitative estimate of drug-likeness (QED) is 0.787. The van der Waals surface area contributed by atoms with Gasteiger partial charge < -0.3 is 21.7 Å². The molecule has 1 saturated heterocycles. The Labute approximate surface area is 132 Å². The fourth-order valence-corrected chi connectivity index (χ4v) is 3.12. The third kappa shape index (κ3) is 3.02. The van der Waals surface area contributed by atoms with E-state index in [0.29, 0.717) is 10.7 Å². The zero-order valence-corrected chi connectivity index (χ0v) is 12.8. The lowest BCUT2D eigenvalue weighted by molar-refractivity contribution is 0.102. The molecule has 1 aliphatic rings. The van der Waals surface area contributed by atoms with Crippen LogP contribution in [0.4, 0.5) is 16.4 Å². The Bertz CT molecular complexity index is 673. The second-order valence-corrected chi connectivity index (χ2v) is 6.15. The lowest BCUT2D eigenvalue weighted by Crippen LogP contribution is -2.43. The van der Waals surface area contributed by atoms with Gasteiger partial charge in [0.15, 0.2) is 5.69 Å². The Morgan fingerprint density at radius 1 is 1.50 bits per heavy atom. The molecule has 0 aliphatic carbocycles. The standard InChI is InChI=1S/C14H18N6OS/c15-9-2-1-5-20(7-9)11-3-4-17-6-10(11)19-14(21)12-13(16)22-8-18-12/h3-4,6,8-9H,1-2,5,7,15-16H2,(H,19,21)/t9-/m0/s1. The first-order valence-electron chi connectivity index (χ1n) is 7.10. The summed E-state index contributed by atoms with van der Waals surface area (Å²) in [4.78, 5) is 22.5. The summed E-state index contributed by atoms with van der Waals surface area (Å²) in [5.74, 6) is -0.325. The van der Waals surface area contributed by atoms with Gasteiger partial charge in [0.25, 0.3) is 5.91 Å². The Kier molecular flexibility index (Phi) is 4.21. The summed E-state index contributed by atoms with van der Waals surface area (Å²) in [6, 6.07) is 2.04. The van der Waals surface area contributed by atoms with Crippen molar-refractivity contribution in [3.8, 4) is 0 Å². The number of nitrogens with zero attached hydrogens (tertiary/aromatic N) is 3. The van der Waals surface area contributed by atoms with Gasteiger partial charge in [-0.25, -0.2) is 4.98 Å². The fourth-order valence-electron chi connectivity index (χ4n) is 2.60. The SMILES string of the molecule is Nc1scnc1C(=O)Nc1cnccc1N1CCC[C@H](N)C1. The summed E-state index contributed by atoms with van der Waals surface area (Å²) in [7, 11) is 0. The molecule has 0 unspecified atom stereocenters. The number of anilines is 3. The predicted octanol–water partition coefficient (Wildman–Crippen LogP) is 1.30. The molecule has 0 bridgehead atoms. The molecule has 0 spiro atoms. The lowest BCUT2D eigenvalue weighted by Gasteiger charge is -2.33. The monoisotopic (exact) mass is 318 g/mol. The van der Waals surface area contributed by atoms with E-state index in [4.69, 9.17) is 11.5 Å². The smallest absolute Gasteiger partial charge is 0.277 e. The minimum absolute atomic E-state index is 0.152. The van der Waals surface area contributed by atoms with Crippen molar-refractivity contribution in [2.75, 3.05) is 29.0 Å². The third-order valence-corrected chi connectivity index (χ3v) is 4.31. The number of nitrogens with one attached hydrogen (secondary N) is 1. The summed E-state index contributed by atoms with van der Waals surface area (Å²) in [6.07, 6.45) is 5.41. The van der Waals surface area contributed by atoms with E-state index in [2.05, 4.69) is 20.2 Å². The summed E-state index contributed by atoms with van der Waals surface area (Å²) in [5, 5.41) is 3.25. The second kappa shape index (κ2) is 6.29. The molecular weight excluding hydrogens is 300 g/mol. The molecule has 2 aromatic rings. The minimum atomic E-state index is -0.325. The first kappa shape index (κ1) is 14.7. The van der Waals surface area contributed by atoms with E-state index in [1.165, 1.54) is 11.3 Å². The number of pyridine rings is 1. The Morgan fingerprint density at radius 2 is 2.36 bits per heavy atom. The van der Waals surface area contributed by atoms with E-state index in [-0.39, 0.29) is 17.6 Å². The fraction of sp³-hybridized carbons (Fsp3) is 0.357. The zero-order chi connectivity index (χ0) is 15.5. The van der Waals surface area contributed by atoms with Crippen molar-refractivity contribution in [1.82, 2.24) is 9.97 Å². The Morgan fingerprint density at radius 3 is 3.09 bits per heavy atom. The highest BCUT2D eigenvalue weighted by molar-refractivity contribution is 7.14. The van der Waals surface area contributed by atoms with Gasteiger partial charge in [0.2, 0.25) is 0 Å². The van der Waals surface area contributed by atoms with Crippen molar-refractivity contribution in [2.45, 2.75) is 18.9 Å². The summed E-state index contributed by atoms with van der Waals surface area (Å²) < 4.78 is 0. The normalized spacial score (nSPS) is 18.2. The van der Waals surface area contributed by atoms with Crippen LogP contribution in [-0.2, 0) is 0 Å². The van der Waals surface area contributed by atoms with Crippen LogP contribution in [0, 0.1) is 0 Å². The first-order valence-corrected chi connectivity index (χ1v) is 7.98. The molecule has 1 aliphatic heterocycles. The minimum Gasteiger partial charge on any atom is -0.389 e. The number of thiazole rings is 1. The van der Waals surface area contributed by atoms with Crippen LogP contribution in [0.1, 0.15) is 23.3 Å². The predicted molar refractivity (Wildman–Crippen MR) is 88.1 cm³/mol. The zero-order valence-electron chi connectivity index (χ0n) is 12.0. The highest BCUT2D eigenvalue weighted by Gasteiger charge is 2.21. The van der Waals surface area contributed by atoms with Crippen LogP contribution in [-0.4, -0.2) is 35.0 Å². The molecule has 1 fully saturated rings. The maximum absolute atomic E-state index is 12.3. The number of amides is 1. The topological polar surface area (TPSA) is 110 Å². The molecule has 5 N–H and O–H groups in total. The van der Waals surface area contributed by atoms with E-state index >= 15 is 0 Å². The second-order valence-electron chi connectivity index (χ2n) is 5.26. The van der Waals surface area contributed by atoms with Gasteiger partial charge >= 0.3 is 0 Å². The largest absolute Gasteiger partial charge is 0.389 e. The highest BCUT2D eigenvalue weighted by atomic mass is 32.1.